The molecule has 0 unspecified atom stereocenters. The van der Waals surface area contributed by atoms with Crippen LogP contribution >= 0.6 is 0 Å². The van der Waals surface area contributed by atoms with E-state index in [1.165, 1.54) is 12.3 Å². The molecule has 168 valence electrons. The predicted molar refractivity (Wildman–Crippen MR) is 119 cm³/mol. The molecular formula is C22H35FN4O3. The second-order valence-corrected chi connectivity index (χ2v) is 6.57. The fraction of sp³-hybridized carbons (Fsp3) is 0.545. The molecule has 30 heavy (non-hydrogen) atoms. The summed E-state index contributed by atoms with van der Waals surface area (Å²) >= 11 is 0. The smallest absolute Gasteiger partial charge is 0.237 e. The first kappa shape index (κ1) is 25.4. The van der Waals surface area contributed by atoms with Gasteiger partial charge in [-0.05, 0) is 38.8 Å². The van der Waals surface area contributed by atoms with E-state index in [2.05, 4.69) is 34.4 Å². The second-order valence-electron chi connectivity index (χ2n) is 6.57. The number of ether oxygens (including phenoxy) is 3. The van der Waals surface area contributed by atoms with Gasteiger partial charge in [0, 0.05) is 32.5 Å². The number of hydrogen-bond donors (Lipinski definition) is 2. The Morgan fingerprint density at radius 3 is 2.47 bits per heavy atom. The van der Waals surface area contributed by atoms with Crippen molar-refractivity contribution in [3.05, 3.63) is 36.4 Å². The van der Waals surface area contributed by atoms with Crippen LogP contribution in [0.2, 0.25) is 0 Å². The molecule has 0 atom stereocenters. The van der Waals surface area contributed by atoms with Crippen molar-refractivity contribution in [1.82, 2.24) is 9.97 Å². The van der Waals surface area contributed by atoms with E-state index in [0.29, 0.717) is 36.7 Å². The van der Waals surface area contributed by atoms with Crippen molar-refractivity contribution in [1.29, 1.82) is 0 Å². The van der Waals surface area contributed by atoms with E-state index in [9.17, 15) is 4.39 Å². The molecule has 0 spiro atoms. The van der Waals surface area contributed by atoms with E-state index >= 15 is 0 Å². The molecule has 0 bridgehead atoms. The molecule has 7 nitrogen and oxygen atoms in total. The molecule has 0 saturated heterocycles. The number of methoxy groups -OCH3 is 1. The highest BCUT2D eigenvalue weighted by Crippen LogP contribution is 2.30. The van der Waals surface area contributed by atoms with Gasteiger partial charge in [0.15, 0.2) is 0 Å². The largest absolute Gasteiger partial charge is 0.474 e. The van der Waals surface area contributed by atoms with Gasteiger partial charge in [-0.25, -0.2) is 14.4 Å². The summed E-state index contributed by atoms with van der Waals surface area (Å²) in [5.74, 6) is 0.766. The molecule has 1 aliphatic carbocycles. The van der Waals surface area contributed by atoms with Gasteiger partial charge < -0.3 is 24.8 Å². The van der Waals surface area contributed by atoms with Gasteiger partial charge in [-0.2, -0.15) is 0 Å². The highest BCUT2D eigenvalue weighted by atomic mass is 19.1. The number of nitrogens with zero attached hydrogens (tertiary/aromatic N) is 2. The quantitative estimate of drug-likeness (QED) is 0.564. The Morgan fingerprint density at radius 1 is 1.13 bits per heavy atom. The van der Waals surface area contributed by atoms with Gasteiger partial charge in [-0.1, -0.05) is 13.8 Å². The molecule has 2 N–H and O–H groups in total. The van der Waals surface area contributed by atoms with Gasteiger partial charge in [0.1, 0.15) is 18.5 Å². The Labute approximate surface area is 179 Å². The van der Waals surface area contributed by atoms with Gasteiger partial charge in [-0.15, -0.1) is 0 Å². The van der Waals surface area contributed by atoms with E-state index in [1.807, 2.05) is 26.0 Å². The van der Waals surface area contributed by atoms with Crippen LogP contribution in [0.4, 0.5) is 15.8 Å². The van der Waals surface area contributed by atoms with Gasteiger partial charge >= 0.3 is 0 Å². The first-order valence-corrected chi connectivity index (χ1v) is 10.4. The molecule has 2 aromatic rings. The molecule has 8 heteroatoms. The molecule has 1 aliphatic rings. The molecule has 1 fully saturated rings. The van der Waals surface area contributed by atoms with Crippen molar-refractivity contribution in [2.75, 3.05) is 38.0 Å². The van der Waals surface area contributed by atoms with E-state index in [-0.39, 0.29) is 11.9 Å². The van der Waals surface area contributed by atoms with Crippen LogP contribution in [0, 0.1) is 5.82 Å². The van der Waals surface area contributed by atoms with Crippen molar-refractivity contribution < 1.29 is 18.6 Å². The van der Waals surface area contributed by atoms with Crippen LogP contribution in [0.5, 0.6) is 11.8 Å². The topological polar surface area (TPSA) is 77.5 Å². The van der Waals surface area contributed by atoms with Crippen LogP contribution in [-0.2, 0) is 4.74 Å². The Bertz CT molecular complexity index is 727. The molecule has 2 aromatic heterocycles. The third-order valence-corrected chi connectivity index (χ3v) is 3.63. The summed E-state index contributed by atoms with van der Waals surface area (Å²) in [5, 5.41) is 6.11. The molecule has 0 aromatic carbocycles. The van der Waals surface area contributed by atoms with E-state index < -0.39 is 0 Å². The summed E-state index contributed by atoms with van der Waals surface area (Å²) in [5.41, 5.74) is 1.52. The number of rotatable bonds is 9. The van der Waals surface area contributed by atoms with Crippen molar-refractivity contribution in [2.24, 2.45) is 0 Å². The molecule has 2 heterocycles. The third-order valence-electron chi connectivity index (χ3n) is 3.63. The molecule has 1 saturated carbocycles. The summed E-state index contributed by atoms with van der Waals surface area (Å²) in [7, 11) is 3.37. The lowest BCUT2D eigenvalue weighted by molar-refractivity contribution is 0.144. The molecule has 0 amide bonds. The fourth-order valence-corrected chi connectivity index (χ4v) is 2.19. The first-order valence-electron chi connectivity index (χ1n) is 10.4. The number of anilines is 2. The fourth-order valence-electron chi connectivity index (χ4n) is 2.19. The molecule has 0 radical (unpaired) electrons. The van der Waals surface area contributed by atoms with Crippen molar-refractivity contribution in [3.63, 3.8) is 0 Å². The zero-order valence-corrected chi connectivity index (χ0v) is 18.9. The number of nitrogens with one attached hydrogen (secondary N) is 2. The van der Waals surface area contributed by atoms with Gasteiger partial charge in [0.2, 0.25) is 11.8 Å². The maximum Gasteiger partial charge on any atom is 0.237 e. The van der Waals surface area contributed by atoms with Crippen molar-refractivity contribution >= 4 is 11.4 Å². The Balaban J connectivity index is 0.000000279. The van der Waals surface area contributed by atoms with E-state index in [0.717, 1.165) is 18.5 Å². The summed E-state index contributed by atoms with van der Waals surface area (Å²) < 4.78 is 28.6. The zero-order valence-electron chi connectivity index (χ0n) is 18.9. The van der Waals surface area contributed by atoms with E-state index in [4.69, 9.17) is 14.2 Å². The maximum atomic E-state index is 12.7. The van der Waals surface area contributed by atoms with Crippen LogP contribution in [0.15, 0.2) is 30.6 Å². The van der Waals surface area contributed by atoms with Crippen LogP contribution in [0.1, 0.15) is 40.5 Å². The molecule has 0 aliphatic heterocycles. The number of pyridine rings is 2. The van der Waals surface area contributed by atoms with Crippen LogP contribution in [0.3, 0.4) is 0 Å². The SMILES string of the molecule is CC.CNc1cc(F)cnc1OC1CC1.COCCOc1ncccc1NC(C)C. The third kappa shape index (κ3) is 9.73. The summed E-state index contributed by atoms with van der Waals surface area (Å²) in [6, 6.07) is 5.58. The van der Waals surface area contributed by atoms with E-state index in [1.54, 1.807) is 20.4 Å². The normalized spacial score (nSPS) is 12.1. The second kappa shape index (κ2) is 14.4. The Kier molecular flexibility index (Phi) is 12.2. The lowest BCUT2D eigenvalue weighted by Gasteiger charge is -2.13. The highest BCUT2D eigenvalue weighted by molar-refractivity contribution is 5.52. The van der Waals surface area contributed by atoms with Crippen LogP contribution < -0.4 is 20.1 Å². The lowest BCUT2D eigenvalue weighted by Crippen LogP contribution is -2.13. The zero-order chi connectivity index (χ0) is 22.4. The maximum absolute atomic E-state index is 12.7. The predicted octanol–water partition coefficient (Wildman–Crippen LogP) is 4.76. The monoisotopic (exact) mass is 422 g/mol. The Hall–Kier alpha value is -2.61. The molecule has 3 rings (SSSR count). The van der Waals surface area contributed by atoms with Crippen molar-refractivity contribution in [2.45, 2.75) is 52.7 Å². The number of halogens is 1. The minimum Gasteiger partial charge on any atom is -0.474 e. The summed E-state index contributed by atoms with van der Waals surface area (Å²) in [4.78, 5) is 8.03. The summed E-state index contributed by atoms with van der Waals surface area (Å²) in [6.07, 6.45) is 5.31. The minimum absolute atomic E-state index is 0.282. The highest BCUT2D eigenvalue weighted by Gasteiger charge is 2.25. The first-order chi connectivity index (χ1) is 14.5. The average Bonchev–Trinajstić information content (AvgIpc) is 3.56. The number of aromatic nitrogens is 2. The molecular weight excluding hydrogens is 387 g/mol. The average molecular weight is 423 g/mol. The van der Waals surface area contributed by atoms with Crippen LogP contribution in [-0.4, -0.2) is 49.5 Å². The lowest BCUT2D eigenvalue weighted by atomic mass is 10.3. The summed E-state index contributed by atoms with van der Waals surface area (Å²) in [6.45, 7) is 9.23. The standard InChI is InChI=1S/C11H18N2O2.C9H11FN2O.C2H6/c1-9(2)13-10-5-4-6-12-11(10)15-8-7-14-3;1-11-8-4-6(10)5-12-9(8)13-7-2-3-7;1-2/h4-6,9,13H,7-8H2,1-3H3;4-5,7,11H,2-3H2,1H3;1-2H3. The van der Waals surface area contributed by atoms with Gasteiger partial charge in [0.05, 0.1) is 24.2 Å². The minimum atomic E-state index is -0.354. The van der Waals surface area contributed by atoms with Crippen molar-refractivity contribution in [3.8, 4) is 11.8 Å². The number of hydrogen-bond acceptors (Lipinski definition) is 7. The van der Waals surface area contributed by atoms with Gasteiger partial charge in [0.25, 0.3) is 0 Å². The van der Waals surface area contributed by atoms with Crippen LogP contribution in [0.25, 0.3) is 0 Å². The Morgan fingerprint density at radius 2 is 1.87 bits per heavy atom. The van der Waals surface area contributed by atoms with Gasteiger partial charge in [-0.3, -0.25) is 0 Å².